The summed E-state index contributed by atoms with van der Waals surface area (Å²) in [5.74, 6) is 2.22. The lowest BCUT2D eigenvalue weighted by Gasteiger charge is -2.43. The van der Waals surface area contributed by atoms with Crippen molar-refractivity contribution in [1.29, 1.82) is 0 Å². The van der Waals surface area contributed by atoms with Crippen molar-refractivity contribution < 1.29 is 5.11 Å². The van der Waals surface area contributed by atoms with Crippen molar-refractivity contribution in [3.05, 3.63) is 0 Å². The first kappa shape index (κ1) is 14.4. The highest BCUT2D eigenvalue weighted by molar-refractivity contribution is 4.89. The van der Waals surface area contributed by atoms with Gasteiger partial charge in [0.15, 0.2) is 0 Å². The zero-order valence-electron chi connectivity index (χ0n) is 12.6. The maximum atomic E-state index is 10.4. The molecule has 2 aliphatic rings. The van der Waals surface area contributed by atoms with Crippen LogP contribution in [0.25, 0.3) is 0 Å². The Labute approximate surface area is 113 Å². The Bertz CT molecular complexity index is 245. The number of hydrogen-bond donors (Lipinski definition) is 1. The summed E-state index contributed by atoms with van der Waals surface area (Å²) in [5, 5.41) is 10.4. The van der Waals surface area contributed by atoms with E-state index in [1.54, 1.807) is 0 Å². The number of hydrogen-bond acceptors (Lipinski definition) is 1. The molecule has 1 heteroatoms. The van der Waals surface area contributed by atoms with Crippen LogP contribution >= 0.6 is 0 Å². The van der Waals surface area contributed by atoms with Crippen LogP contribution in [0.4, 0.5) is 0 Å². The summed E-state index contributed by atoms with van der Waals surface area (Å²) in [6.45, 7) is 7.12. The topological polar surface area (TPSA) is 20.2 Å². The molecule has 1 N–H and O–H groups in total. The molecule has 1 nitrogen and oxygen atoms in total. The third-order valence-electron chi connectivity index (χ3n) is 5.59. The molecule has 0 heterocycles. The van der Waals surface area contributed by atoms with Gasteiger partial charge in [-0.05, 0) is 42.4 Å². The molecule has 2 fully saturated rings. The van der Waals surface area contributed by atoms with Gasteiger partial charge in [-0.3, -0.25) is 0 Å². The second kappa shape index (κ2) is 5.94. The Morgan fingerprint density at radius 2 is 1.44 bits per heavy atom. The van der Waals surface area contributed by atoms with E-state index >= 15 is 0 Å². The smallest absolute Gasteiger partial charge is 0.0571 e. The molecule has 2 rings (SSSR count). The van der Waals surface area contributed by atoms with Gasteiger partial charge >= 0.3 is 0 Å². The molecular formula is C17H32O. The van der Waals surface area contributed by atoms with Crippen molar-refractivity contribution >= 4 is 0 Å². The molecule has 0 aliphatic heterocycles. The van der Waals surface area contributed by atoms with Crippen molar-refractivity contribution in [3.8, 4) is 0 Å². The van der Waals surface area contributed by atoms with E-state index in [1.165, 1.54) is 51.4 Å². The van der Waals surface area contributed by atoms with Gasteiger partial charge in [-0.15, -0.1) is 0 Å². The third-order valence-corrected chi connectivity index (χ3v) is 5.59. The summed E-state index contributed by atoms with van der Waals surface area (Å²) < 4.78 is 0. The van der Waals surface area contributed by atoms with Crippen molar-refractivity contribution in [2.24, 2.45) is 23.2 Å². The lowest BCUT2D eigenvalue weighted by Crippen LogP contribution is -2.38. The molecular weight excluding hydrogens is 220 g/mol. The summed E-state index contributed by atoms with van der Waals surface area (Å²) >= 11 is 0. The van der Waals surface area contributed by atoms with E-state index in [0.717, 1.165) is 18.3 Å². The van der Waals surface area contributed by atoms with Crippen LogP contribution in [0.15, 0.2) is 0 Å². The minimum absolute atomic E-state index is 0.00769. The van der Waals surface area contributed by atoms with Gasteiger partial charge in [-0.2, -0.15) is 0 Å². The fourth-order valence-corrected chi connectivity index (χ4v) is 4.22. The second-order valence-electron chi connectivity index (χ2n) is 7.86. The van der Waals surface area contributed by atoms with E-state index in [4.69, 9.17) is 0 Å². The van der Waals surface area contributed by atoms with Crippen molar-refractivity contribution in [2.45, 2.75) is 84.7 Å². The Morgan fingerprint density at radius 1 is 0.833 bits per heavy atom. The lowest BCUT2D eigenvalue weighted by molar-refractivity contribution is -0.0108. The summed E-state index contributed by atoms with van der Waals surface area (Å²) in [6.07, 6.45) is 11.9. The maximum absolute atomic E-state index is 10.4. The van der Waals surface area contributed by atoms with Crippen LogP contribution in [0.5, 0.6) is 0 Å². The highest BCUT2D eigenvalue weighted by atomic mass is 16.3. The van der Waals surface area contributed by atoms with Gasteiger partial charge in [0, 0.05) is 0 Å². The highest BCUT2D eigenvalue weighted by Gasteiger charge is 2.38. The Hall–Kier alpha value is -0.0400. The molecule has 0 amide bonds. The number of aliphatic hydroxyl groups is 1. The largest absolute Gasteiger partial charge is 0.393 e. The first-order valence-electron chi connectivity index (χ1n) is 8.16. The average molecular weight is 252 g/mol. The SMILES string of the molecule is CC(C)(C)C1CCC(O)C(C2CCCCCC2)C1. The highest BCUT2D eigenvalue weighted by Crippen LogP contribution is 2.45. The molecule has 0 aromatic carbocycles. The van der Waals surface area contributed by atoms with Crippen LogP contribution < -0.4 is 0 Å². The van der Waals surface area contributed by atoms with E-state index in [0.29, 0.717) is 11.3 Å². The molecule has 2 saturated carbocycles. The van der Waals surface area contributed by atoms with E-state index in [-0.39, 0.29) is 6.10 Å². The van der Waals surface area contributed by atoms with Crippen molar-refractivity contribution in [2.75, 3.05) is 0 Å². The quantitative estimate of drug-likeness (QED) is 0.666. The summed E-state index contributed by atoms with van der Waals surface area (Å²) in [4.78, 5) is 0. The van der Waals surface area contributed by atoms with Crippen molar-refractivity contribution in [3.63, 3.8) is 0 Å². The first-order valence-corrected chi connectivity index (χ1v) is 8.16. The van der Waals surface area contributed by atoms with Gasteiger partial charge < -0.3 is 5.11 Å². The van der Waals surface area contributed by atoms with E-state index in [2.05, 4.69) is 20.8 Å². The van der Waals surface area contributed by atoms with Crippen LogP contribution in [-0.4, -0.2) is 11.2 Å². The maximum Gasteiger partial charge on any atom is 0.0571 e. The van der Waals surface area contributed by atoms with Gasteiger partial charge in [-0.1, -0.05) is 59.3 Å². The zero-order valence-corrected chi connectivity index (χ0v) is 12.6. The lowest BCUT2D eigenvalue weighted by atomic mass is 9.64. The predicted molar refractivity (Wildman–Crippen MR) is 77.5 cm³/mol. The van der Waals surface area contributed by atoms with E-state index in [9.17, 15) is 5.11 Å². The Kier molecular flexibility index (Phi) is 4.75. The molecule has 0 saturated heterocycles. The Balaban J connectivity index is 2.00. The number of rotatable bonds is 1. The molecule has 0 spiro atoms. The summed E-state index contributed by atoms with van der Waals surface area (Å²) in [7, 11) is 0. The van der Waals surface area contributed by atoms with Gasteiger partial charge in [-0.25, -0.2) is 0 Å². The predicted octanol–water partition coefficient (Wildman–Crippen LogP) is 4.78. The molecule has 0 aromatic rings. The average Bonchev–Trinajstić information content (AvgIpc) is 2.56. The molecule has 0 bridgehead atoms. The fourth-order valence-electron chi connectivity index (χ4n) is 4.22. The van der Waals surface area contributed by atoms with Crippen molar-refractivity contribution in [1.82, 2.24) is 0 Å². The number of aliphatic hydroxyl groups excluding tert-OH is 1. The van der Waals surface area contributed by atoms with Crippen LogP contribution in [-0.2, 0) is 0 Å². The van der Waals surface area contributed by atoms with E-state index < -0.39 is 0 Å². The normalized spacial score (nSPS) is 36.3. The minimum Gasteiger partial charge on any atom is -0.393 e. The van der Waals surface area contributed by atoms with E-state index in [1.807, 2.05) is 0 Å². The molecule has 0 aromatic heterocycles. The van der Waals surface area contributed by atoms with Gasteiger partial charge in [0.05, 0.1) is 6.10 Å². The van der Waals surface area contributed by atoms with Gasteiger partial charge in [0.25, 0.3) is 0 Å². The third kappa shape index (κ3) is 3.50. The molecule has 3 atom stereocenters. The standard InChI is InChI=1S/C17H32O/c1-17(2,3)14-10-11-16(18)15(12-14)13-8-6-4-5-7-9-13/h13-16,18H,4-12H2,1-3H3. The fraction of sp³-hybridized carbons (Fsp3) is 1.00. The molecule has 0 radical (unpaired) electrons. The molecule has 2 aliphatic carbocycles. The van der Waals surface area contributed by atoms with Crippen LogP contribution in [0, 0.1) is 23.2 Å². The summed E-state index contributed by atoms with van der Waals surface area (Å²) in [6, 6.07) is 0. The minimum atomic E-state index is -0.00769. The van der Waals surface area contributed by atoms with Crippen LogP contribution in [0.1, 0.15) is 78.6 Å². The monoisotopic (exact) mass is 252 g/mol. The zero-order chi connectivity index (χ0) is 13.2. The first-order chi connectivity index (χ1) is 8.48. The van der Waals surface area contributed by atoms with Gasteiger partial charge in [0.2, 0.25) is 0 Å². The molecule has 106 valence electrons. The molecule has 18 heavy (non-hydrogen) atoms. The second-order valence-corrected chi connectivity index (χ2v) is 7.86. The van der Waals surface area contributed by atoms with Crippen LogP contribution in [0.3, 0.4) is 0 Å². The summed E-state index contributed by atoms with van der Waals surface area (Å²) in [5.41, 5.74) is 0.420. The van der Waals surface area contributed by atoms with Crippen LogP contribution in [0.2, 0.25) is 0 Å². The Morgan fingerprint density at radius 3 is 2.00 bits per heavy atom. The molecule has 3 unspecified atom stereocenters. The van der Waals surface area contributed by atoms with Gasteiger partial charge in [0.1, 0.15) is 0 Å².